The van der Waals surface area contributed by atoms with Crippen molar-refractivity contribution < 1.29 is 9.84 Å². The lowest BCUT2D eigenvalue weighted by Crippen LogP contribution is -2.23. The van der Waals surface area contributed by atoms with Gasteiger partial charge in [-0.3, -0.25) is 13.9 Å². The quantitative estimate of drug-likeness (QED) is 0.312. The fourth-order valence-corrected chi connectivity index (χ4v) is 3.60. The van der Waals surface area contributed by atoms with E-state index in [2.05, 4.69) is 10.2 Å². The van der Waals surface area contributed by atoms with Crippen LogP contribution in [0.2, 0.25) is 0 Å². The highest BCUT2D eigenvalue weighted by Gasteiger charge is 2.21. The molecule has 32 heavy (non-hydrogen) atoms. The molecule has 1 N–H and O–H groups in total. The first kappa shape index (κ1) is 21.2. The first-order chi connectivity index (χ1) is 15.5. The van der Waals surface area contributed by atoms with Gasteiger partial charge < -0.3 is 9.84 Å². The smallest absolute Gasteiger partial charge is 0.290 e. The minimum atomic E-state index is -0.581. The Bertz CT molecular complexity index is 1410. The molecule has 160 valence electrons. The van der Waals surface area contributed by atoms with Crippen LogP contribution in [-0.2, 0) is 0 Å². The normalized spacial score (nSPS) is 11.1. The Labute approximate surface area is 189 Å². The summed E-state index contributed by atoms with van der Waals surface area (Å²) in [7, 11) is 1.52. The van der Waals surface area contributed by atoms with Crippen LogP contribution >= 0.6 is 12.2 Å². The fourth-order valence-electron chi connectivity index (χ4n) is 3.23. The average Bonchev–Trinajstić information content (AvgIpc) is 2.81. The third kappa shape index (κ3) is 3.95. The summed E-state index contributed by atoms with van der Waals surface area (Å²) in [5, 5.41) is 19.3. The number of aromatic nitrogens is 2. The summed E-state index contributed by atoms with van der Waals surface area (Å²) < 4.78 is 8.20. The second-order valence-electron chi connectivity index (χ2n) is 6.97. The van der Waals surface area contributed by atoms with Gasteiger partial charge in [-0.25, -0.2) is 0 Å². The highest BCUT2D eigenvalue weighted by molar-refractivity contribution is 7.71. The maximum Gasteiger partial charge on any atom is 0.290 e. The summed E-state index contributed by atoms with van der Waals surface area (Å²) in [5.41, 5.74) is 1.77. The monoisotopic (exact) mass is 444 g/mol. The number of ether oxygens (including phenoxy) is 1. The van der Waals surface area contributed by atoms with Crippen LogP contribution in [0.15, 0.2) is 93.9 Å². The van der Waals surface area contributed by atoms with Gasteiger partial charge in [0.05, 0.1) is 24.2 Å². The Hall–Kier alpha value is -4.04. The van der Waals surface area contributed by atoms with Crippen molar-refractivity contribution >= 4 is 23.6 Å². The molecule has 0 spiro atoms. The summed E-state index contributed by atoms with van der Waals surface area (Å²) in [4.78, 5) is 13.4. The molecule has 0 aliphatic rings. The van der Waals surface area contributed by atoms with Crippen LogP contribution in [0.25, 0.3) is 11.4 Å². The van der Waals surface area contributed by atoms with Crippen LogP contribution in [0, 0.1) is 11.7 Å². The Morgan fingerprint density at radius 1 is 0.875 bits per heavy atom. The van der Waals surface area contributed by atoms with Gasteiger partial charge >= 0.3 is 0 Å². The number of nitrogens with zero attached hydrogens (tertiary/aromatic N) is 4. The Morgan fingerprint density at radius 3 is 2.22 bits per heavy atom. The lowest BCUT2D eigenvalue weighted by molar-refractivity contribution is 0.402. The van der Waals surface area contributed by atoms with Crippen molar-refractivity contribution in [3.8, 4) is 23.0 Å². The van der Waals surface area contributed by atoms with Crippen molar-refractivity contribution in [1.82, 2.24) is 9.13 Å². The van der Waals surface area contributed by atoms with Gasteiger partial charge in [0, 0.05) is 0 Å². The van der Waals surface area contributed by atoms with Gasteiger partial charge in [0.1, 0.15) is 5.75 Å². The van der Waals surface area contributed by atoms with Crippen LogP contribution in [0.4, 0.5) is 11.4 Å². The molecule has 0 saturated heterocycles. The Kier molecular flexibility index (Phi) is 5.96. The first-order valence-corrected chi connectivity index (χ1v) is 10.2. The Balaban J connectivity index is 2.05. The van der Waals surface area contributed by atoms with E-state index in [4.69, 9.17) is 17.0 Å². The minimum absolute atomic E-state index is 0.0690. The summed E-state index contributed by atoms with van der Waals surface area (Å²) in [6.07, 6.45) is 0. The molecule has 0 aliphatic heterocycles. The molecule has 0 saturated carbocycles. The minimum Gasteiger partial charge on any atom is -0.495 e. The van der Waals surface area contributed by atoms with E-state index in [0.717, 1.165) is 5.56 Å². The highest BCUT2D eigenvalue weighted by Crippen LogP contribution is 2.32. The predicted octanol–water partition coefficient (Wildman–Crippen LogP) is 5.80. The second-order valence-corrected chi connectivity index (χ2v) is 7.34. The van der Waals surface area contributed by atoms with Gasteiger partial charge in [-0.2, -0.15) is 5.11 Å². The van der Waals surface area contributed by atoms with Gasteiger partial charge in [0.15, 0.2) is 4.77 Å². The topological polar surface area (TPSA) is 81.1 Å². The van der Waals surface area contributed by atoms with Crippen molar-refractivity contribution in [2.45, 2.75) is 6.92 Å². The van der Waals surface area contributed by atoms with Crippen LogP contribution in [0.5, 0.6) is 11.6 Å². The van der Waals surface area contributed by atoms with E-state index >= 15 is 0 Å². The molecule has 3 aromatic carbocycles. The first-order valence-electron chi connectivity index (χ1n) is 9.79. The van der Waals surface area contributed by atoms with Gasteiger partial charge in [-0.05, 0) is 55.5 Å². The molecular formula is C24H20N4O3S. The molecule has 7 nitrogen and oxygen atoms in total. The van der Waals surface area contributed by atoms with Crippen LogP contribution in [-0.4, -0.2) is 21.4 Å². The zero-order valence-electron chi connectivity index (χ0n) is 17.5. The molecule has 0 fully saturated rings. The van der Waals surface area contributed by atoms with E-state index in [9.17, 15) is 9.90 Å². The van der Waals surface area contributed by atoms with Gasteiger partial charge in [0.2, 0.25) is 11.6 Å². The van der Waals surface area contributed by atoms with Crippen molar-refractivity contribution in [3.63, 3.8) is 0 Å². The van der Waals surface area contributed by atoms with Crippen molar-refractivity contribution in [1.29, 1.82) is 0 Å². The number of methoxy groups -OCH3 is 1. The summed E-state index contributed by atoms with van der Waals surface area (Å²) in [6, 6.07) is 23.3. The van der Waals surface area contributed by atoms with E-state index in [1.165, 1.54) is 16.2 Å². The molecule has 0 amide bonds. The third-order valence-corrected chi connectivity index (χ3v) is 5.22. The number of benzene rings is 3. The summed E-state index contributed by atoms with van der Waals surface area (Å²) in [6.45, 7) is 1.95. The Morgan fingerprint density at radius 2 is 1.53 bits per heavy atom. The maximum atomic E-state index is 13.4. The number of hydrogen-bond acceptors (Lipinski definition) is 6. The fraction of sp³-hybridized carbons (Fsp3) is 0.0833. The van der Waals surface area contributed by atoms with Gasteiger partial charge in [0.25, 0.3) is 5.56 Å². The molecule has 1 aromatic heterocycles. The highest BCUT2D eigenvalue weighted by atomic mass is 32.1. The largest absolute Gasteiger partial charge is 0.495 e. The molecule has 8 heteroatoms. The van der Waals surface area contributed by atoms with Crippen molar-refractivity contribution in [2.24, 2.45) is 10.2 Å². The van der Waals surface area contributed by atoms with Gasteiger partial charge in [-0.15, -0.1) is 5.11 Å². The molecule has 0 radical (unpaired) electrons. The van der Waals surface area contributed by atoms with Crippen LogP contribution in [0.3, 0.4) is 0 Å². The van der Waals surface area contributed by atoms with Gasteiger partial charge in [-0.1, -0.05) is 48.0 Å². The SMILES string of the molecule is COc1ccccc1-n1c(O)c(N=Nc2ccccc2)c(=O)n(-c2ccc(C)cc2)c1=S. The van der Waals surface area contributed by atoms with Crippen LogP contribution in [0.1, 0.15) is 5.56 Å². The standard InChI is InChI=1S/C24H20N4O3S/c1-16-12-14-18(15-13-16)27-22(29)21(26-25-17-8-4-3-5-9-17)23(30)28(24(27)32)19-10-6-7-11-20(19)31-2/h3-15,30H,1-2H3. The zero-order chi connectivity index (χ0) is 22.7. The number of azo groups is 1. The summed E-state index contributed by atoms with van der Waals surface area (Å²) in [5.74, 6) is 0.0477. The number of para-hydroxylation sites is 2. The van der Waals surface area contributed by atoms with E-state index in [1.54, 1.807) is 60.7 Å². The number of aromatic hydroxyl groups is 1. The zero-order valence-corrected chi connectivity index (χ0v) is 18.3. The van der Waals surface area contributed by atoms with Crippen molar-refractivity contribution in [2.75, 3.05) is 7.11 Å². The van der Waals surface area contributed by atoms with Crippen LogP contribution < -0.4 is 10.3 Å². The van der Waals surface area contributed by atoms with E-state index in [-0.39, 0.29) is 10.5 Å². The summed E-state index contributed by atoms with van der Waals surface area (Å²) >= 11 is 5.65. The van der Waals surface area contributed by atoms with E-state index in [0.29, 0.717) is 22.8 Å². The molecule has 4 aromatic rings. The lowest BCUT2D eigenvalue weighted by Gasteiger charge is -2.17. The predicted molar refractivity (Wildman–Crippen MR) is 126 cm³/mol. The molecule has 0 aliphatic carbocycles. The second kappa shape index (κ2) is 8.99. The number of hydrogen-bond donors (Lipinski definition) is 1. The van der Waals surface area contributed by atoms with Crippen molar-refractivity contribution in [3.05, 3.63) is 99.6 Å². The molecule has 1 heterocycles. The molecule has 4 rings (SSSR count). The van der Waals surface area contributed by atoms with E-state index < -0.39 is 11.4 Å². The number of aryl methyl sites for hydroxylation is 1. The average molecular weight is 445 g/mol. The maximum absolute atomic E-state index is 13.4. The molecule has 0 bridgehead atoms. The molecule has 0 unspecified atom stereocenters. The molecule has 0 atom stereocenters. The molecular weight excluding hydrogens is 424 g/mol. The lowest BCUT2D eigenvalue weighted by atomic mass is 10.2. The van der Waals surface area contributed by atoms with E-state index in [1.807, 2.05) is 25.1 Å². The third-order valence-electron chi connectivity index (χ3n) is 4.85. The number of rotatable bonds is 5.